The Labute approximate surface area is 209 Å². The smallest absolute Gasteiger partial charge is 0.269 e. The lowest BCUT2D eigenvalue weighted by molar-refractivity contribution is -0.384. The van der Waals surface area contributed by atoms with Gasteiger partial charge in [-0.3, -0.25) is 10.1 Å². The molecule has 4 aromatic rings. The third kappa shape index (κ3) is 6.11. The molecule has 0 bridgehead atoms. The number of hydrogen-bond acceptors (Lipinski definition) is 5. The van der Waals surface area contributed by atoms with Gasteiger partial charge in [0.1, 0.15) is 5.84 Å². The number of halogens is 1. The molecule has 0 heterocycles. The van der Waals surface area contributed by atoms with Crippen LogP contribution in [-0.2, 0) is 9.84 Å². The Kier molecular flexibility index (Phi) is 8.01. The Morgan fingerprint density at radius 1 is 0.800 bits per heavy atom. The van der Waals surface area contributed by atoms with E-state index in [0.29, 0.717) is 11.5 Å². The third-order valence-corrected chi connectivity index (χ3v) is 6.89. The standard InChI is InChI=1S/C26H21N3O4S.ClH/c1-19-7-9-21(10-8-19)27-26(20-5-3-2-4-6-20)28-22-11-15-24(16-12-22)34(32,33)25-17-13-23(14-18-25)29(30)31;/h2-18H,1H3,(H,27,28);1H. The first-order chi connectivity index (χ1) is 16.3. The molecule has 9 heteroatoms. The van der Waals surface area contributed by atoms with Crippen molar-refractivity contribution in [2.45, 2.75) is 16.7 Å². The molecule has 0 radical (unpaired) electrons. The zero-order valence-electron chi connectivity index (χ0n) is 18.7. The summed E-state index contributed by atoms with van der Waals surface area (Å²) in [7, 11) is -3.81. The lowest BCUT2D eigenvalue weighted by atomic mass is 10.2. The lowest BCUT2D eigenvalue weighted by Gasteiger charge is -2.12. The maximum Gasteiger partial charge on any atom is 0.269 e. The molecule has 35 heavy (non-hydrogen) atoms. The molecule has 0 atom stereocenters. The summed E-state index contributed by atoms with van der Waals surface area (Å²) in [4.78, 5) is 15.1. The number of anilines is 1. The number of non-ortho nitro benzene ring substituents is 1. The molecule has 0 spiro atoms. The number of benzene rings is 4. The molecule has 4 aromatic carbocycles. The van der Waals surface area contributed by atoms with Crippen molar-refractivity contribution in [1.82, 2.24) is 0 Å². The second-order valence-corrected chi connectivity index (χ2v) is 9.52. The van der Waals surface area contributed by atoms with Crippen molar-refractivity contribution in [3.05, 3.63) is 124 Å². The molecule has 0 unspecified atom stereocenters. The highest BCUT2D eigenvalue weighted by atomic mass is 35.5. The van der Waals surface area contributed by atoms with Crippen molar-refractivity contribution < 1.29 is 13.3 Å². The van der Waals surface area contributed by atoms with Crippen LogP contribution < -0.4 is 5.32 Å². The summed E-state index contributed by atoms with van der Waals surface area (Å²) in [6, 6.07) is 28.6. The number of nitro benzene ring substituents is 1. The predicted molar refractivity (Wildman–Crippen MR) is 140 cm³/mol. The first-order valence-corrected chi connectivity index (χ1v) is 11.9. The van der Waals surface area contributed by atoms with Gasteiger partial charge in [-0.2, -0.15) is 0 Å². The third-order valence-electron chi connectivity index (χ3n) is 5.11. The van der Waals surface area contributed by atoms with E-state index in [1.54, 1.807) is 12.1 Å². The second-order valence-electron chi connectivity index (χ2n) is 7.57. The number of nitro groups is 1. The van der Waals surface area contributed by atoms with Crippen molar-refractivity contribution in [1.29, 1.82) is 0 Å². The van der Waals surface area contributed by atoms with Crippen molar-refractivity contribution in [2.75, 3.05) is 5.32 Å². The predicted octanol–water partition coefficient (Wildman–Crippen LogP) is 6.35. The molecule has 1 N–H and O–H groups in total. The quantitative estimate of drug-likeness (QED) is 0.142. The average Bonchev–Trinajstić information content (AvgIpc) is 2.86. The SMILES string of the molecule is Cc1ccc(N=C(Nc2ccc(S(=O)(=O)c3ccc([N+](=O)[O-])cc3)cc2)c2ccccc2)cc1.Cl. The van der Waals surface area contributed by atoms with Crippen LogP contribution in [0.2, 0.25) is 0 Å². The minimum Gasteiger partial charge on any atom is -0.340 e. The largest absolute Gasteiger partial charge is 0.340 e. The first kappa shape index (κ1) is 25.6. The van der Waals surface area contributed by atoms with Crippen LogP contribution in [0, 0.1) is 17.0 Å². The molecule has 7 nitrogen and oxygen atoms in total. The van der Waals surface area contributed by atoms with Gasteiger partial charge in [-0.1, -0.05) is 48.0 Å². The Hall–Kier alpha value is -4.01. The van der Waals surface area contributed by atoms with Crippen molar-refractivity contribution >= 4 is 45.1 Å². The number of sulfone groups is 1. The van der Waals surface area contributed by atoms with Crippen molar-refractivity contribution in [3.63, 3.8) is 0 Å². The number of nitrogens with zero attached hydrogens (tertiary/aromatic N) is 2. The fourth-order valence-electron chi connectivity index (χ4n) is 3.25. The van der Waals surface area contributed by atoms with Gasteiger partial charge in [-0.25, -0.2) is 13.4 Å². The fourth-order valence-corrected chi connectivity index (χ4v) is 4.51. The van der Waals surface area contributed by atoms with Crippen LogP contribution >= 0.6 is 12.4 Å². The van der Waals surface area contributed by atoms with Crippen molar-refractivity contribution in [3.8, 4) is 0 Å². The van der Waals surface area contributed by atoms with E-state index in [2.05, 4.69) is 5.32 Å². The van der Waals surface area contributed by atoms with Crippen molar-refractivity contribution in [2.24, 2.45) is 4.99 Å². The van der Waals surface area contributed by atoms with Gasteiger partial charge in [0.25, 0.3) is 5.69 Å². The monoisotopic (exact) mass is 507 g/mol. The Morgan fingerprint density at radius 3 is 1.89 bits per heavy atom. The van der Waals surface area contributed by atoms with Gasteiger partial charge in [0.05, 0.1) is 20.4 Å². The van der Waals surface area contributed by atoms with E-state index in [1.165, 1.54) is 36.4 Å². The summed E-state index contributed by atoms with van der Waals surface area (Å²) in [6.07, 6.45) is 0. The van der Waals surface area contributed by atoms with Gasteiger partial charge in [0, 0.05) is 23.4 Å². The Bertz CT molecular complexity index is 1440. The zero-order chi connectivity index (χ0) is 24.1. The number of nitrogens with one attached hydrogen (secondary N) is 1. The van der Waals surface area contributed by atoms with E-state index >= 15 is 0 Å². The number of aliphatic imine (C=N–C) groups is 1. The number of amidine groups is 1. The maximum absolute atomic E-state index is 12.9. The Balaban J connectivity index is 0.00000342. The summed E-state index contributed by atoms with van der Waals surface area (Å²) < 4.78 is 25.8. The summed E-state index contributed by atoms with van der Waals surface area (Å²) in [5.74, 6) is 0.621. The van der Waals surface area contributed by atoms with Crippen LogP contribution in [0.1, 0.15) is 11.1 Å². The van der Waals surface area contributed by atoms with E-state index in [-0.39, 0.29) is 27.9 Å². The molecule has 0 aliphatic heterocycles. The van der Waals surface area contributed by atoms with Gasteiger partial charge in [0.2, 0.25) is 9.84 Å². The molecule has 0 saturated carbocycles. The van der Waals surface area contributed by atoms with Crippen LogP contribution in [0.15, 0.2) is 118 Å². The summed E-state index contributed by atoms with van der Waals surface area (Å²) in [5.41, 5.74) is 3.30. The summed E-state index contributed by atoms with van der Waals surface area (Å²) in [5, 5.41) is 14.1. The fraction of sp³-hybridized carbons (Fsp3) is 0.0385. The number of rotatable bonds is 6. The van der Waals surface area contributed by atoms with E-state index < -0.39 is 14.8 Å². The highest BCUT2D eigenvalue weighted by Crippen LogP contribution is 2.25. The van der Waals surface area contributed by atoms with Gasteiger partial charge in [-0.15, -0.1) is 12.4 Å². The average molecular weight is 508 g/mol. The topological polar surface area (TPSA) is 102 Å². The summed E-state index contributed by atoms with van der Waals surface area (Å²) >= 11 is 0. The zero-order valence-corrected chi connectivity index (χ0v) is 20.3. The molecule has 4 rings (SSSR count). The molecule has 0 fully saturated rings. The highest BCUT2D eigenvalue weighted by Gasteiger charge is 2.19. The molecule has 0 amide bonds. The maximum atomic E-state index is 12.9. The molecule has 0 aliphatic carbocycles. The molecular formula is C26H22ClN3O4S. The van der Waals surface area contributed by atoms with Crippen LogP contribution in [-0.4, -0.2) is 19.2 Å². The minimum absolute atomic E-state index is 0. The van der Waals surface area contributed by atoms with Crippen LogP contribution in [0.25, 0.3) is 0 Å². The van der Waals surface area contributed by atoms with Crippen LogP contribution in [0.5, 0.6) is 0 Å². The summed E-state index contributed by atoms with van der Waals surface area (Å²) in [6.45, 7) is 2.01. The first-order valence-electron chi connectivity index (χ1n) is 10.4. The normalized spacial score (nSPS) is 11.4. The number of hydrogen-bond donors (Lipinski definition) is 1. The van der Waals surface area contributed by atoms with Crippen LogP contribution in [0.4, 0.5) is 17.1 Å². The lowest BCUT2D eigenvalue weighted by Crippen LogP contribution is -2.13. The van der Waals surface area contributed by atoms with E-state index in [0.717, 1.165) is 16.8 Å². The molecule has 0 aliphatic rings. The van der Waals surface area contributed by atoms with Gasteiger partial charge in [-0.05, 0) is 55.5 Å². The highest BCUT2D eigenvalue weighted by molar-refractivity contribution is 7.91. The molecule has 0 aromatic heterocycles. The van der Waals surface area contributed by atoms with E-state index in [9.17, 15) is 18.5 Å². The molecule has 178 valence electrons. The van der Waals surface area contributed by atoms with E-state index in [1.807, 2.05) is 61.5 Å². The van der Waals surface area contributed by atoms with Crippen LogP contribution in [0.3, 0.4) is 0 Å². The molecule has 0 saturated heterocycles. The van der Waals surface area contributed by atoms with Gasteiger partial charge >= 0.3 is 0 Å². The van der Waals surface area contributed by atoms with E-state index in [4.69, 9.17) is 4.99 Å². The van der Waals surface area contributed by atoms with Gasteiger partial charge < -0.3 is 5.32 Å². The Morgan fingerprint density at radius 2 is 1.34 bits per heavy atom. The minimum atomic E-state index is -3.81. The second kappa shape index (κ2) is 10.9. The molecular weight excluding hydrogens is 486 g/mol. The van der Waals surface area contributed by atoms with Gasteiger partial charge in [0.15, 0.2) is 0 Å². The number of aryl methyl sites for hydroxylation is 1.